The molecule has 0 aliphatic heterocycles. The summed E-state index contributed by atoms with van der Waals surface area (Å²) in [6.07, 6.45) is 0. The van der Waals surface area contributed by atoms with Crippen LogP contribution >= 0.6 is 0 Å². The van der Waals surface area contributed by atoms with Crippen LogP contribution in [0.4, 0.5) is 0 Å². The van der Waals surface area contributed by atoms with E-state index in [1.807, 2.05) is 23.6 Å². The van der Waals surface area contributed by atoms with E-state index in [9.17, 15) is 5.11 Å². The van der Waals surface area contributed by atoms with Gasteiger partial charge in [-0.3, -0.25) is 0 Å². The van der Waals surface area contributed by atoms with Crippen LogP contribution in [0.3, 0.4) is 0 Å². The van der Waals surface area contributed by atoms with Crippen molar-refractivity contribution in [1.29, 1.82) is 0 Å². The third-order valence-corrected chi connectivity index (χ3v) is 2.38. The molecule has 2 aromatic rings. The van der Waals surface area contributed by atoms with Gasteiger partial charge >= 0.3 is 0 Å². The minimum absolute atomic E-state index is 0.303. The number of fused-ring (bicyclic) bond motifs is 1. The lowest BCUT2D eigenvalue weighted by molar-refractivity contribution is 0.474. The molecular weight excluding hydrogens is 176 g/mol. The summed E-state index contributed by atoms with van der Waals surface area (Å²) in [5.41, 5.74) is 1.69. The first kappa shape index (κ1) is 9.06. The Morgan fingerprint density at radius 3 is 2.71 bits per heavy atom. The highest BCUT2D eigenvalue weighted by Gasteiger charge is 2.12. The molecule has 0 fully saturated rings. The number of aromatic hydroxyl groups is 1. The summed E-state index contributed by atoms with van der Waals surface area (Å²) < 4.78 is 2.05. The lowest BCUT2D eigenvalue weighted by Gasteiger charge is -2.11. The van der Waals surface area contributed by atoms with Gasteiger partial charge in [-0.25, -0.2) is 4.98 Å². The Bertz CT molecular complexity index is 471. The van der Waals surface area contributed by atoms with Crippen molar-refractivity contribution in [3.63, 3.8) is 0 Å². The number of imidazole rings is 1. The van der Waals surface area contributed by atoms with Gasteiger partial charge in [-0.1, -0.05) is 6.07 Å². The number of phenolic OH excluding ortho intramolecular Hbond substituents is 1. The smallest absolute Gasteiger partial charge is 0.141 e. The number of aromatic nitrogens is 2. The summed E-state index contributed by atoms with van der Waals surface area (Å²) in [5, 5.41) is 9.75. The Balaban J connectivity index is 2.86. The zero-order valence-electron chi connectivity index (χ0n) is 8.65. The molecule has 0 atom stereocenters. The lowest BCUT2D eigenvalue weighted by atomic mass is 10.2. The van der Waals surface area contributed by atoms with Crippen LogP contribution in [0.5, 0.6) is 5.75 Å². The number of nitrogens with zero attached hydrogens (tertiary/aromatic N) is 2. The van der Waals surface area contributed by atoms with Crippen molar-refractivity contribution in [3.8, 4) is 5.75 Å². The van der Waals surface area contributed by atoms with E-state index < -0.39 is 0 Å². The molecule has 0 saturated carbocycles. The molecule has 3 heteroatoms. The second-order valence-corrected chi connectivity index (χ2v) is 3.77. The number of hydrogen-bond acceptors (Lipinski definition) is 2. The molecule has 0 bridgehead atoms. The molecule has 0 spiro atoms. The quantitative estimate of drug-likeness (QED) is 0.750. The largest absolute Gasteiger partial charge is 0.506 e. The van der Waals surface area contributed by atoms with Gasteiger partial charge in [0.05, 0.1) is 5.52 Å². The van der Waals surface area contributed by atoms with Gasteiger partial charge in [-0.2, -0.15) is 0 Å². The van der Waals surface area contributed by atoms with E-state index in [2.05, 4.69) is 18.8 Å². The van der Waals surface area contributed by atoms with E-state index in [1.54, 1.807) is 6.07 Å². The van der Waals surface area contributed by atoms with Gasteiger partial charge in [0.15, 0.2) is 0 Å². The highest BCUT2D eigenvalue weighted by molar-refractivity contribution is 5.82. The molecule has 0 saturated heterocycles. The second kappa shape index (κ2) is 3.01. The third-order valence-electron chi connectivity index (χ3n) is 2.38. The highest BCUT2D eigenvalue weighted by Crippen LogP contribution is 2.27. The first-order valence-corrected chi connectivity index (χ1v) is 4.77. The fourth-order valence-electron chi connectivity index (χ4n) is 1.88. The summed E-state index contributed by atoms with van der Waals surface area (Å²) in [6.45, 7) is 6.13. The minimum Gasteiger partial charge on any atom is -0.506 e. The van der Waals surface area contributed by atoms with Crippen molar-refractivity contribution in [2.75, 3.05) is 0 Å². The molecule has 14 heavy (non-hydrogen) atoms. The van der Waals surface area contributed by atoms with E-state index >= 15 is 0 Å². The Morgan fingerprint density at radius 1 is 1.36 bits per heavy atom. The van der Waals surface area contributed by atoms with E-state index in [0.29, 0.717) is 11.8 Å². The van der Waals surface area contributed by atoms with Crippen LogP contribution in [0.1, 0.15) is 25.7 Å². The van der Waals surface area contributed by atoms with Crippen LogP contribution in [0, 0.1) is 6.92 Å². The average Bonchev–Trinajstić information content (AvgIpc) is 2.42. The third kappa shape index (κ3) is 1.16. The lowest BCUT2D eigenvalue weighted by Crippen LogP contribution is -2.02. The standard InChI is InChI=1S/C11H14N2O/c1-7(2)13-8(3)12-9-5-4-6-10(14)11(9)13/h4-7,14H,1-3H3. The van der Waals surface area contributed by atoms with Crippen LogP contribution < -0.4 is 0 Å². The summed E-state index contributed by atoms with van der Waals surface area (Å²) in [7, 11) is 0. The molecule has 0 amide bonds. The predicted molar refractivity (Wildman–Crippen MR) is 56.5 cm³/mol. The van der Waals surface area contributed by atoms with Gasteiger partial charge < -0.3 is 9.67 Å². The predicted octanol–water partition coefficient (Wildman–Crippen LogP) is 2.63. The number of rotatable bonds is 1. The topological polar surface area (TPSA) is 38.1 Å². The Kier molecular flexibility index (Phi) is 1.95. The molecule has 1 N–H and O–H groups in total. The van der Waals surface area contributed by atoms with Gasteiger partial charge in [-0.15, -0.1) is 0 Å². The second-order valence-electron chi connectivity index (χ2n) is 3.77. The average molecular weight is 190 g/mol. The highest BCUT2D eigenvalue weighted by atomic mass is 16.3. The molecule has 1 aromatic carbocycles. The van der Waals surface area contributed by atoms with Crippen molar-refractivity contribution in [3.05, 3.63) is 24.0 Å². The SMILES string of the molecule is Cc1nc2cccc(O)c2n1C(C)C. The van der Waals surface area contributed by atoms with Gasteiger partial charge in [0, 0.05) is 6.04 Å². The molecule has 0 aliphatic rings. The first-order chi connectivity index (χ1) is 6.61. The van der Waals surface area contributed by atoms with Crippen LogP contribution in [0.25, 0.3) is 11.0 Å². The fraction of sp³-hybridized carbons (Fsp3) is 0.364. The normalized spacial score (nSPS) is 11.4. The molecule has 1 heterocycles. The van der Waals surface area contributed by atoms with Gasteiger partial charge in [-0.05, 0) is 32.9 Å². The van der Waals surface area contributed by atoms with E-state index in [1.165, 1.54) is 0 Å². The molecule has 1 aromatic heterocycles. The van der Waals surface area contributed by atoms with Crippen molar-refractivity contribution in [2.45, 2.75) is 26.8 Å². The monoisotopic (exact) mass is 190 g/mol. The zero-order chi connectivity index (χ0) is 10.3. The zero-order valence-corrected chi connectivity index (χ0v) is 8.65. The number of phenols is 1. The number of para-hydroxylation sites is 1. The van der Waals surface area contributed by atoms with E-state index in [0.717, 1.165) is 16.9 Å². The van der Waals surface area contributed by atoms with Crippen molar-refractivity contribution >= 4 is 11.0 Å². The maximum Gasteiger partial charge on any atom is 0.141 e. The van der Waals surface area contributed by atoms with Crippen LogP contribution in [0.15, 0.2) is 18.2 Å². The van der Waals surface area contributed by atoms with Crippen molar-refractivity contribution in [2.24, 2.45) is 0 Å². The van der Waals surface area contributed by atoms with Crippen molar-refractivity contribution < 1.29 is 5.11 Å². The Morgan fingerprint density at radius 2 is 2.07 bits per heavy atom. The summed E-state index contributed by atoms with van der Waals surface area (Å²) >= 11 is 0. The van der Waals surface area contributed by atoms with Crippen LogP contribution in [0.2, 0.25) is 0 Å². The molecule has 74 valence electrons. The molecule has 0 radical (unpaired) electrons. The summed E-state index contributed by atoms with van der Waals surface area (Å²) in [6, 6.07) is 5.74. The molecule has 3 nitrogen and oxygen atoms in total. The van der Waals surface area contributed by atoms with Crippen LogP contribution in [-0.2, 0) is 0 Å². The fourth-order valence-corrected chi connectivity index (χ4v) is 1.88. The van der Waals surface area contributed by atoms with Crippen molar-refractivity contribution in [1.82, 2.24) is 9.55 Å². The number of hydrogen-bond donors (Lipinski definition) is 1. The summed E-state index contributed by atoms with van der Waals surface area (Å²) in [4.78, 5) is 4.40. The molecular formula is C11H14N2O. The molecule has 0 unspecified atom stereocenters. The van der Waals surface area contributed by atoms with E-state index in [4.69, 9.17) is 0 Å². The minimum atomic E-state index is 0.303. The number of benzene rings is 1. The summed E-state index contributed by atoms with van der Waals surface area (Å²) in [5.74, 6) is 1.24. The van der Waals surface area contributed by atoms with Gasteiger partial charge in [0.2, 0.25) is 0 Å². The number of aryl methyl sites for hydroxylation is 1. The van der Waals surface area contributed by atoms with E-state index in [-0.39, 0.29) is 0 Å². The maximum atomic E-state index is 9.75. The van der Waals surface area contributed by atoms with Crippen LogP contribution in [-0.4, -0.2) is 14.7 Å². The Labute approximate surface area is 83.0 Å². The Hall–Kier alpha value is -1.51. The van der Waals surface area contributed by atoms with Gasteiger partial charge in [0.25, 0.3) is 0 Å². The first-order valence-electron chi connectivity index (χ1n) is 4.77. The maximum absolute atomic E-state index is 9.75. The molecule has 2 rings (SSSR count). The molecule has 0 aliphatic carbocycles. The van der Waals surface area contributed by atoms with Gasteiger partial charge in [0.1, 0.15) is 17.1 Å².